The third-order valence-corrected chi connectivity index (χ3v) is 8.46. The number of nitrogens with one attached hydrogen (secondary N) is 2. The van der Waals surface area contributed by atoms with Crippen molar-refractivity contribution in [3.8, 4) is 11.5 Å². The molecule has 1 aliphatic rings. The molecular weight excluding hydrogens is 566 g/mol. The number of methoxy groups -OCH3 is 1. The predicted molar refractivity (Wildman–Crippen MR) is 167 cm³/mol. The number of rotatable bonds is 9. The van der Waals surface area contributed by atoms with E-state index in [2.05, 4.69) is 34.0 Å². The number of thiophene rings is 1. The highest BCUT2D eigenvalue weighted by Gasteiger charge is 2.28. The Morgan fingerprint density at radius 1 is 0.953 bits per heavy atom. The van der Waals surface area contributed by atoms with Gasteiger partial charge in [-0.1, -0.05) is 42.5 Å². The molecule has 4 aromatic rings. The zero-order valence-electron chi connectivity index (χ0n) is 24.3. The number of hydrogen-bond acceptors (Lipinski definition) is 8. The number of benzene rings is 3. The number of esters is 1. The number of amides is 2. The summed E-state index contributed by atoms with van der Waals surface area (Å²) in [5.74, 6) is -1.31. The average molecular weight is 600 g/mol. The Bertz CT molecular complexity index is 1710. The fraction of sp³-hybridized carbons (Fsp3) is 0.273. The summed E-state index contributed by atoms with van der Waals surface area (Å²) in [7, 11) is 1.55. The van der Waals surface area contributed by atoms with Crippen LogP contribution in [0.4, 0.5) is 5.00 Å². The van der Waals surface area contributed by atoms with Gasteiger partial charge in [-0.25, -0.2) is 10.2 Å². The Morgan fingerprint density at radius 2 is 1.74 bits per heavy atom. The normalized spacial score (nSPS) is 12.8. The molecule has 0 spiro atoms. The van der Waals surface area contributed by atoms with Crippen LogP contribution in [0.1, 0.15) is 58.6 Å². The van der Waals surface area contributed by atoms with Crippen molar-refractivity contribution < 1.29 is 28.6 Å². The van der Waals surface area contributed by atoms with Crippen LogP contribution in [0.15, 0.2) is 65.8 Å². The molecule has 2 N–H and O–H groups in total. The number of hydrogen-bond donors (Lipinski definition) is 2. The molecule has 1 heterocycles. The molecule has 0 bridgehead atoms. The van der Waals surface area contributed by atoms with Crippen LogP contribution in [0.5, 0.6) is 11.5 Å². The molecule has 0 fully saturated rings. The predicted octanol–water partition coefficient (Wildman–Crippen LogP) is 6.02. The molecular formula is C33H33N3O6S. The Balaban J connectivity index is 1.24. The molecule has 0 saturated carbocycles. The van der Waals surface area contributed by atoms with Crippen LogP contribution in [-0.4, -0.2) is 37.2 Å². The second kappa shape index (κ2) is 13.5. The van der Waals surface area contributed by atoms with Crippen LogP contribution in [-0.2, 0) is 33.8 Å². The van der Waals surface area contributed by atoms with E-state index in [-0.39, 0.29) is 6.61 Å². The first-order valence-electron chi connectivity index (χ1n) is 14.1. The second-order valence-electron chi connectivity index (χ2n) is 10.0. The summed E-state index contributed by atoms with van der Waals surface area (Å²) in [5.41, 5.74) is 5.74. The van der Waals surface area contributed by atoms with Crippen molar-refractivity contribution in [1.82, 2.24) is 5.43 Å². The van der Waals surface area contributed by atoms with Gasteiger partial charge in [0.25, 0.3) is 0 Å². The van der Waals surface area contributed by atoms with Gasteiger partial charge in [-0.05, 0) is 79.6 Å². The van der Waals surface area contributed by atoms with E-state index in [4.69, 9.17) is 14.2 Å². The Hall–Kier alpha value is -4.70. The molecule has 3 aromatic carbocycles. The van der Waals surface area contributed by atoms with Crippen LogP contribution in [0.25, 0.3) is 10.8 Å². The van der Waals surface area contributed by atoms with E-state index in [9.17, 15) is 14.4 Å². The maximum atomic E-state index is 12.7. The molecule has 0 saturated heterocycles. The minimum Gasteiger partial charge on any atom is -0.493 e. The summed E-state index contributed by atoms with van der Waals surface area (Å²) in [5, 5.41) is 9.30. The van der Waals surface area contributed by atoms with Crippen molar-refractivity contribution in [3.05, 3.63) is 87.8 Å². The molecule has 0 radical (unpaired) electrons. The topological polar surface area (TPSA) is 115 Å². The lowest BCUT2D eigenvalue weighted by atomic mass is 9.95. The van der Waals surface area contributed by atoms with E-state index in [1.165, 1.54) is 11.3 Å². The van der Waals surface area contributed by atoms with Gasteiger partial charge in [-0.2, -0.15) is 5.10 Å². The smallest absolute Gasteiger partial charge is 0.341 e. The van der Waals surface area contributed by atoms with Gasteiger partial charge in [0.05, 0.1) is 25.0 Å². The van der Waals surface area contributed by atoms with E-state index in [1.807, 2.05) is 24.3 Å². The molecule has 222 valence electrons. The lowest BCUT2D eigenvalue weighted by molar-refractivity contribution is -0.136. The molecule has 0 aliphatic heterocycles. The first-order valence-corrected chi connectivity index (χ1v) is 15.0. The fourth-order valence-electron chi connectivity index (χ4n) is 5.07. The maximum absolute atomic E-state index is 12.7. The number of hydrazone groups is 1. The van der Waals surface area contributed by atoms with Crippen LogP contribution >= 0.6 is 11.3 Å². The van der Waals surface area contributed by atoms with Gasteiger partial charge in [0.1, 0.15) is 11.6 Å². The lowest BCUT2D eigenvalue weighted by Crippen LogP contribution is -2.33. The first kappa shape index (κ1) is 29.8. The SMILES string of the molecule is CCOC(=O)c1c(NC(=O)C(=O)N/N=C(\C)c2ccc(OCc3cccc4ccccc34)c(OC)c2)sc2c1CCCC2. The van der Waals surface area contributed by atoms with Crippen molar-refractivity contribution in [2.45, 2.75) is 46.1 Å². The van der Waals surface area contributed by atoms with Crippen LogP contribution in [0.3, 0.4) is 0 Å². The van der Waals surface area contributed by atoms with Crippen LogP contribution in [0, 0.1) is 0 Å². The van der Waals surface area contributed by atoms with Crippen molar-refractivity contribution in [2.24, 2.45) is 5.10 Å². The fourth-order valence-corrected chi connectivity index (χ4v) is 6.34. The molecule has 1 aliphatic carbocycles. The molecule has 0 unspecified atom stereocenters. The summed E-state index contributed by atoms with van der Waals surface area (Å²) in [6.07, 6.45) is 3.54. The van der Waals surface area contributed by atoms with Gasteiger partial charge in [0.2, 0.25) is 0 Å². The van der Waals surface area contributed by atoms with Crippen molar-refractivity contribution in [3.63, 3.8) is 0 Å². The summed E-state index contributed by atoms with van der Waals surface area (Å²) in [6, 6.07) is 19.6. The van der Waals surface area contributed by atoms with E-state index in [0.29, 0.717) is 39.9 Å². The summed E-state index contributed by atoms with van der Waals surface area (Å²) in [6.45, 7) is 4.01. The number of ether oxygens (including phenoxy) is 3. The van der Waals surface area contributed by atoms with E-state index >= 15 is 0 Å². The number of fused-ring (bicyclic) bond motifs is 2. The summed E-state index contributed by atoms with van der Waals surface area (Å²) < 4.78 is 16.9. The average Bonchev–Trinajstić information content (AvgIpc) is 3.40. The molecule has 1 aromatic heterocycles. The zero-order valence-corrected chi connectivity index (χ0v) is 25.1. The summed E-state index contributed by atoms with van der Waals surface area (Å²) in [4.78, 5) is 39.1. The second-order valence-corrected chi connectivity index (χ2v) is 11.1. The number of carbonyl (C=O) groups excluding carboxylic acids is 3. The minimum atomic E-state index is -0.956. The Labute approximate surface area is 253 Å². The van der Waals surface area contributed by atoms with Crippen molar-refractivity contribution in [2.75, 3.05) is 19.0 Å². The van der Waals surface area contributed by atoms with Gasteiger partial charge in [0.15, 0.2) is 11.5 Å². The summed E-state index contributed by atoms with van der Waals surface area (Å²) >= 11 is 1.32. The quantitative estimate of drug-likeness (QED) is 0.105. The molecule has 5 rings (SSSR count). The molecule has 2 amide bonds. The van der Waals surface area contributed by atoms with E-state index in [1.54, 1.807) is 39.2 Å². The maximum Gasteiger partial charge on any atom is 0.341 e. The number of nitrogens with zero attached hydrogens (tertiary/aromatic N) is 1. The van der Waals surface area contributed by atoms with Gasteiger partial charge in [0, 0.05) is 10.4 Å². The zero-order chi connectivity index (χ0) is 30.3. The van der Waals surface area contributed by atoms with Crippen LogP contribution in [0.2, 0.25) is 0 Å². The number of anilines is 1. The highest BCUT2D eigenvalue weighted by molar-refractivity contribution is 7.17. The highest BCUT2D eigenvalue weighted by atomic mass is 32.1. The standard InChI is InChI=1S/C33H33N3O6S/c1-4-41-33(39)29-25-14-7-8-15-28(25)43-32(29)34-30(37)31(38)36-35-20(2)22-16-17-26(27(18-22)40-3)42-19-23-12-9-11-21-10-5-6-13-24(21)23/h5-6,9-13,16-18H,4,7-8,14-15,19H2,1-3H3,(H,34,37)(H,36,38)/b35-20+. The number of carbonyl (C=O) groups is 3. The molecule has 10 heteroatoms. The Kier molecular flexibility index (Phi) is 9.36. The van der Waals surface area contributed by atoms with E-state index < -0.39 is 17.8 Å². The third kappa shape index (κ3) is 6.70. The largest absolute Gasteiger partial charge is 0.493 e. The van der Waals surface area contributed by atoms with Crippen molar-refractivity contribution in [1.29, 1.82) is 0 Å². The highest BCUT2D eigenvalue weighted by Crippen LogP contribution is 2.38. The number of aryl methyl sites for hydroxylation is 1. The molecule has 0 atom stereocenters. The van der Waals surface area contributed by atoms with Gasteiger partial charge >= 0.3 is 17.8 Å². The first-order chi connectivity index (χ1) is 20.9. The van der Waals surface area contributed by atoms with Crippen molar-refractivity contribution >= 4 is 50.6 Å². The van der Waals surface area contributed by atoms with Gasteiger partial charge in [-0.15, -0.1) is 11.3 Å². The van der Waals surface area contributed by atoms with Gasteiger partial charge < -0.3 is 19.5 Å². The minimum absolute atomic E-state index is 0.216. The Morgan fingerprint density at radius 3 is 2.56 bits per heavy atom. The van der Waals surface area contributed by atoms with Gasteiger partial charge in [-0.3, -0.25) is 9.59 Å². The van der Waals surface area contributed by atoms with E-state index in [0.717, 1.165) is 52.5 Å². The third-order valence-electron chi connectivity index (χ3n) is 7.25. The molecule has 43 heavy (non-hydrogen) atoms. The lowest BCUT2D eigenvalue weighted by Gasteiger charge is -2.13. The monoisotopic (exact) mass is 599 g/mol. The molecule has 9 nitrogen and oxygen atoms in total. The van der Waals surface area contributed by atoms with Crippen LogP contribution < -0.4 is 20.2 Å².